The number of rotatable bonds is 6. The molecule has 0 aromatic carbocycles. The number of thiophene rings is 1. The van der Waals surface area contributed by atoms with Gasteiger partial charge in [-0.3, -0.25) is 0 Å². The van der Waals surface area contributed by atoms with Crippen LogP contribution >= 0.6 is 11.3 Å². The molecule has 0 amide bonds. The first kappa shape index (κ1) is 14.0. The van der Waals surface area contributed by atoms with Gasteiger partial charge in [0.2, 0.25) is 10.0 Å². The third kappa shape index (κ3) is 3.52. The van der Waals surface area contributed by atoms with Crippen LogP contribution in [0.4, 0.5) is 0 Å². The largest absolute Gasteiger partial charge is 0.381 e. The highest BCUT2D eigenvalue weighted by Crippen LogP contribution is 2.21. The van der Waals surface area contributed by atoms with E-state index in [2.05, 4.69) is 4.72 Å². The van der Waals surface area contributed by atoms with Gasteiger partial charge in [-0.25, -0.2) is 13.1 Å². The maximum atomic E-state index is 12.0. The highest BCUT2D eigenvalue weighted by atomic mass is 32.2. The Morgan fingerprint density at radius 2 is 2.33 bits per heavy atom. The summed E-state index contributed by atoms with van der Waals surface area (Å²) in [5, 5.41) is 0. The van der Waals surface area contributed by atoms with Gasteiger partial charge in [-0.1, -0.05) is 0 Å². The van der Waals surface area contributed by atoms with Crippen LogP contribution in [0, 0.1) is 5.92 Å². The molecule has 1 aromatic rings. The fourth-order valence-electron chi connectivity index (χ4n) is 1.89. The van der Waals surface area contributed by atoms with E-state index in [1.54, 1.807) is 12.1 Å². The van der Waals surface area contributed by atoms with Crippen molar-refractivity contribution in [3.05, 3.63) is 17.0 Å². The molecular formula is C11H18N2O3S2. The van der Waals surface area contributed by atoms with E-state index >= 15 is 0 Å². The minimum Gasteiger partial charge on any atom is -0.381 e. The summed E-state index contributed by atoms with van der Waals surface area (Å²) in [6.07, 6.45) is 1.85. The second kappa shape index (κ2) is 6.12. The number of sulfonamides is 1. The van der Waals surface area contributed by atoms with Crippen LogP contribution in [0.25, 0.3) is 0 Å². The van der Waals surface area contributed by atoms with Crippen LogP contribution in [0.15, 0.2) is 16.3 Å². The van der Waals surface area contributed by atoms with E-state index in [0.29, 0.717) is 23.2 Å². The lowest BCUT2D eigenvalue weighted by Gasteiger charge is -2.08. The third-order valence-electron chi connectivity index (χ3n) is 2.97. The molecule has 1 atom stereocenters. The summed E-state index contributed by atoms with van der Waals surface area (Å²) in [6.45, 7) is 2.38. The van der Waals surface area contributed by atoms with Crippen molar-refractivity contribution in [1.29, 1.82) is 0 Å². The van der Waals surface area contributed by atoms with Crippen molar-refractivity contribution in [1.82, 2.24) is 4.72 Å². The van der Waals surface area contributed by atoms with Gasteiger partial charge in [0.1, 0.15) is 4.21 Å². The van der Waals surface area contributed by atoms with E-state index < -0.39 is 10.0 Å². The van der Waals surface area contributed by atoms with Crippen LogP contribution in [0.1, 0.15) is 17.7 Å². The molecule has 1 unspecified atom stereocenters. The van der Waals surface area contributed by atoms with E-state index in [-0.39, 0.29) is 0 Å². The number of hydrogen-bond acceptors (Lipinski definition) is 5. The molecule has 2 heterocycles. The lowest BCUT2D eigenvalue weighted by Crippen LogP contribution is -2.25. The first-order chi connectivity index (χ1) is 8.62. The molecule has 1 aliphatic rings. The van der Waals surface area contributed by atoms with Crippen LogP contribution in [-0.4, -0.2) is 28.2 Å². The van der Waals surface area contributed by atoms with E-state index in [4.69, 9.17) is 10.5 Å². The molecule has 7 heteroatoms. The first-order valence-corrected chi connectivity index (χ1v) is 8.28. The number of nitrogens with two attached hydrogens (primary N) is 1. The Labute approximate surface area is 111 Å². The molecule has 3 N–H and O–H groups in total. The molecule has 1 aromatic heterocycles. The maximum absolute atomic E-state index is 12.0. The third-order valence-corrected chi connectivity index (χ3v) is 6.03. The van der Waals surface area contributed by atoms with Crippen LogP contribution < -0.4 is 10.5 Å². The van der Waals surface area contributed by atoms with Crippen molar-refractivity contribution in [2.45, 2.75) is 23.6 Å². The van der Waals surface area contributed by atoms with Crippen molar-refractivity contribution in [3.63, 3.8) is 0 Å². The van der Waals surface area contributed by atoms with Gasteiger partial charge < -0.3 is 10.5 Å². The normalized spacial score (nSPS) is 20.4. The minimum absolute atomic E-state index is 0.339. The zero-order chi connectivity index (χ0) is 13.0. The standard InChI is InChI=1S/C11H18N2O3S2/c12-7-10-1-2-11(17-10)18(14,15)13-5-3-9-4-6-16-8-9/h1-2,9,13H,3-8,12H2. The SMILES string of the molecule is NCc1ccc(S(=O)(=O)NCCC2CCOC2)s1. The van der Waals surface area contributed by atoms with Gasteiger partial charge in [0.15, 0.2) is 0 Å². The summed E-state index contributed by atoms with van der Waals surface area (Å²) in [4.78, 5) is 0.875. The monoisotopic (exact) mass is 290 g/mol. The van der Waals surface area contributed by atoms with Gasteiger partial charge in [0.05, 0.1) is 0 Å². The highest BCUT2D eigenvalue weighted by Gasteiger charge is 2.19. The fourth-order valence-corrected chi connectivity index (χ4v) is 4.22. The van der Waals surface area contributed by atoms with Gasteiger partial charge in [0.25, 0.3) is 0 Å². The van der Waals surface area contributed by atoms with Crippen LogP contribution in [-0.2, 0) is 21.3 Å². The molecule has 1 aliphatic heterocycles. The lowest BCUT2D eigenvalue weighted by molar-refractivity contribution is 0.184. The molecule has 2 rings (SSSR count). The summed E-state index contributed by atoms with van der Waals surface area (Å²) in [7, 11) is -3.37. The number of hydrogen-bond donors (Lipinski definition) is 2. The Morgan fingerprint density at radius 3 is 2.94 bits per heavy atom. The topological polar surface area (TPSA) is 81.4 Å². The average molecular weight is 290 g/mol. The minimum atomic E-state index is -3.37. The number of ether oxygens (including phenoxy) is 1. The second-order valence-electron chi connectivity index (χ2n) is 4.34. The van der Waals surface area contributed by atoms with Gasteiger partial charge in [0, 0.05) is 31.2 Å². The van der Waals surface area contributed by atoms with Crippen molar-refractivity contribution >= 4 is 21.4 Å². The van der Waals surface area contributed by atoms with E-state index in [1.165, 1.54) is 11.3 Å². The summed E-state index contributed by atoms with van der Waals surface area (Å²) in [5.74, 6) is 0.482. The molecule has 0 aliphatic carbocycles. The van der Waals surface area contributed by atoms with Gasteiger partial charge in [-0.2, -0.15) is 0 Å². The maximum Gasteiger partial charge on any atom is 0.250 e. The fraction of sp³-hybridized carbons (Fsp3) is 0.636. The first-order valence-electron chi connectivity index (χ1n) is 5.98. The predicted octanol–water partition coefficient (Wildman–Crippen LogP) is 0.912. The van der Waals surface area contributed by atoms with Crippen molar-refractivity contribution in [2.75, 3.05) is 19.8 Å². The molecule has 5 nitrogen and oxygen atoms in total. The second-order valence-corrected chi connectivity index (χ2v) is 7.50. The van der Waals surface area contributed by atoms with E-state index in [0.717, 1.165) is 30.9 Å². The summed E-state index contributed by atoms with van der Waals surface area (Å²) in [5.41, 5.74) is 5.47. The summed E-state index contributed by atoms with van der Waals surface area (Å²) >= 11 is 1.22. The van der Waals surface area contributed by atoms with Gasteiger partial charge >= 0.3 is 0 Å². The molecule has 0 saturated carbocycles. The highest BCUT2D eigenvalue weighted by molar-refractivity contribution is 7.91. The quantitative estimate of drug-likeness (QED) is 0.816. The smallest absolute Gasteiger partial charge is 0.250 e. The van der Waals surface area contributed by atoms with E-state index in [9.17, 15) is 8.42 Å². The Hall–Kier alpha value is -0.470. The molecule has 0 spiro atoms. The van der Waals surface area contributed by atoms with Crippen LogP contribution in [0.2, 0.25) is 0 Å². The molecule has 0 radical (unpaired) electrons. The Bertz CT molecular complexity index is 478. The van der Waals surface area contributed by atoms with Gasteiger partial charge in [-0.15, -0.1) is 11.3 Å². The van der Waals surface area contributed by atoms with Crippen LogP contribution in [0.3, 0.4) is 0 Å². The molecule has 102 valence electrons. The van der Waals surface area contributed by atoms with Crippen LogP contribution in [0.5, 0.6) is 0 Å². The van der Waals surface area contributed by atoms with Crippen molar-refractivity contribution < 1.29 is 13.2 Å². The lowest BCUT2D eigenvalue weighted by atomic mass is 10.1. The Balaban J connectivity index is 1.86. The molecule has 1 fully saturated rings. The number of nitrogens with one attached hydrogen (secondary N) is 1. The summed E-state index contributed by atoms with van der Waals surface area (Å²) < 4.78 is 32.1. The molecule has 18 heavy (non-hydrogen) atoms. The zero-order valence-electron chi connectivity index (χ0n) is 10.1. The molecule has 1 saturated heterocycles. The molecular weight excluding hydrogens is 272 g/mol. The predicted molar refractivity (Wildman–Crippen MR) is 70.9 cm³/mol. The molecule has 0 bridgehead atoms. The Kier molecular flexibility index (Phi) is 4.74. The van der Waals surface area contributed by atoms with Crippen molar-refractivity contribution in [3.8, 4) is 0 Å². The Morgan fingerprint density at radius 1 is 1.50 bits per heavy atom. The van der Waals surface area contributed by atoms with Crippen molar-refractivity contribution in [2.24, 2.45) is 11.7 Å². The zero-order valence-corrected chi connectivity index (χ0v) is 11.7. The summed E-state index contributed by atoms with van der Waals surface area (Å²) in [6, 6.07) is 3.36. The average Bonchev–Trinajstić information content (AvgIpc) is 2.99. The van der Waals surface area contributed by atoms with Gasteiger partial charge in [-0.05, 0) is 30.9 Å². The van der Waals surface area contributed by atoms with E-state index in [1.807, 2.05) is 0 Å².